The van der Waals surface area contributed by atoms with Crippen LogP contribution in [-0.4, -0.2) is 43.9 Å². The van der Waals surface area contributed by atoms with Crippen LogP contribution in [0.3, 0.4) is 0 Å². The molecule has 0 amide bonds. The standard InChI is InChI=1S/C24H25N3O7S2/c1-24(2)19-12-15(35-34-33-30)6-9-20(19)27-21(24)13-18-22(28)17(23(18)29)10-11-26-14-4-7-16(8-5-14)36(31,32)25-3/h4-9,12-13,25-26,28,30H,10-11H2,1-3H3/b18-13+. The van der Waals surface area contributed by atoms with Crippen LogP contribution in [0.5, 0.6) is 0 Å². The predicted octanol–water partition coefficient (Wildman–Crippen LogP) is 4.21. The molecule has 0 atom stereocenters. The molecular weight excluding hydrogens is 506 g/mol. The van der Waals surface area contributed by atoms with Crippen molar-refractivity contribution >= 4 is 44.9 Å². The molecule has 12 heteroatoms. The molecule has 0 radical (unpaired) electrons. The first-order chi connectivity index (χ1) is 17.1. The van der Waals surface area contributed by atoms with Crippen LogP contribution in [0.2, 0.25) is 0 Å². The van der Waals surface area contributed by atoms with Crippen molar-refractivity contribution in [2.45, 2.75) is 35.5 Å². The lowest BCUT2D eigenvalue weighted by Gasteiger charge is -2.25. The molecule has 1 aliphatic heterocycles. The van der Waals surface area contributed by atoms with E-state index in [-0.39, 0.29) is 22.0 Å². The molecule has 2 aliphatic rings. The Morgan fingerprint density at radius 3 is 2.53 bits per heavy atom. The van der Waals surface area contributed by atoms with Crippen LogP contribution in [-0.2, 0) is 29.6 Å². The highest BCUT2D eigenvalue weighted by atomic mass is 32.2. The van der Waals surface area contributed by atoms with Crippen LogP contribution in [0.4, 0.5) is 11.4 Å². The van der Waals surface area contributed by atoms with Crippen LogP contribution in [0, 0.1) is 0 Å². The second-order valence-electron chi connectivity index (χ2n) is 8.65. The van der Waals surface area contributed by atoms with Crippen molar-refractivity contribution in [3.63, 3.8) is 0 Å². The summed E-state index contributed by atoms with van der Waals surface area (Å²) in [5.41, 5.74) is 3.02. The van der Waals surface area contributed by atoms with Crippen molar-refractivity contribution in [3.8, 4) is 0 Å². The fourth-order valence-electron chi connectivity index (χ4n) is 4.02. The number of sulfonamides is 1. The third-order valence-corrected chi connectivity index (χ3v) is 8.17. The summed E-state index contributed by atoms with van der Waals surface area (Å²) in [6.07, 6.45) is 1.93. The molecular formula is C24H25N3O7S2. The monoisotopic (exact) mass is 531 g/mol. The van der Waals surface area contributed by atoms with Crippen molar-refractivity contribution in [2.75, 3.05) is 18.9 Å². The van der Waals surface area contributed by atoms with Gasteiger partial charge in [0.2, 0.25) is 10.0 Å². The summed E-state index contributed by atoms with van der Waals surface area (Å²) in [6, 6.07) is 11.7. The lowest BCUT2D eigenvalue weighted by Crippen LogP contribution is -2.29. The Morgan fingerprint density at radius 1 is 1.17 bits per heavy atom. The quantitative estimate of drug-likeness (QED) is 0.153. The summed E-state index contributed by atoms with van der Waals surface area (Å²) >= 11 is 0.852. The van der Waals surface area contributed by atoms with Gasteiger partial charge in [-0.05, 0) is 67.6 Å². The second-order valence-corrected chi connectivity index (χ2v) is 11.3. The topological polar surface area (TPSA) is 147 Å². The van der Waals surface area contributed by atoms with E-state index in [1.54, 1.807) is 24.3 Å². The fourth-order valence-corrected chi connectivity index (χ4v) is 5.15. The van der Waals surface area contributed by atoms with Crippen LogP contribution < -0.4 is 10.0 Å². The number of hydrogen-bond donors (Lipinski definition) is 4. The molecule has 1 heterocycles. The molecule has 36 heavy (non-hydrogen) atoms. The number of hydrogen-bond acceptors (Lipinski definition) is 10. The summed E-state index contributed by atoms with van der Waals surface area (Å²) in [4.78, 5) is 18.2. The Morgan fingerprint density at radius 2 is 1.89 bits per heavy atom. The second kappa shape index (κ2) is 10.2. The maximum Gasteiger partial charge on any atom is 0.240 e. The lowest BCUT2D eigenvalue weighted by molar-refractivity contribution is -0.432. The van der Waals surface area contributed by atoms with Gasteiger partial charge in [-0.1, -0.05) is 18.9 Å². The molecule has 4 rings (SSSR count). The van der Waals surface area contributed by atoms with E-state index >= 15 is 0 Å². The number of nitrogens with zero attached hydrogens (tertiary/aromatic N) is 1. The van der Waals surface area contributed by atoms with E-state index in [0.29, 0.717) is 34.8 Å². The third-order valence-electron chi connectivity index (χ3n) is 6.16. The van der Waals surface area contributed by atoms with Crippen LogP contribution in [0.25, 0.3) is 0 Å². The number of aliphatic imine (C=N–C) groups is 1. The van der Waals surface area contributed by atoms with E-state index in [1.165, 1.54) is 19.2 Å². The van der Waals surface area contributed by atoms with E-state index in [2.05, 4.69) is 24.4 Å². The van der Waals surface area contributed by atoms with Gasteiger partial charge in [0, 0.05) is 28.1 Å². The van der Waals surface area contributed by atoms with Gasteiger partial charge in [-0.3, -0.25) is 9.79 Å². The van der Waals surface area contributed by atoms with Crippen molar-refractivity contribution in [3.05, 3.63) is 71.0 Å². The number of aliphatic hydroxyl groups excluding tert-OH is 1. The maximum absolute atomic E-state index is 12.7. The molecule has 0 saturated heterocycles. The first-order valence-corrected chi connectivity index (χ1v) is 13.2. The number of ketones is 1. The number of nitrogens with one attached hydrogen (secondary N) is 2. The van der Waals surface area contributed by atoms with Gasteiger partial charge in [-0.25, -0.2) is 18.4 Å². The van der Waals surface area contributed by atoms with Crippen molar-refractivity contribution in [1.82, 2.24) is 4.72 Å². The van der Waals surface area contributed by atoms with Gasteiger partial charge in [0.1, 0.15) is 5.76 Å². The average molecular weight is 532 g/mol. The smallest absolute Gasteiger partial charge is 0.240 e. The van der Waals surface area contributed by atoms with E-state index in [4.69, 9.17) is 5.26 Å². The van der Waals surface area contributed by atoms with Gasteiger partial charge in [-0.15, -0.1) is 4.33 Å². The minimum absolute atomic E-state index is 0.0449. The number of allylic oxidation sites excluding steroid dienone is 2. The summed E-state index contributed by atoms with van der Waals surface area (Å²) in [5, 5.41) is 25.7. The minimum Gasteiger partial charge on any atom is -0.507 e. The lowest BCUT2D eigenvalue weighted by atomic mass is 9.78. The highest BCUT2D eigenvalue weighted by Gasteiger charge is 2.38. The number of carbonyl (C=O) groups excluding carboxylic acids is 1. The molecule has 190 valence electrons. The summed E-state index contributed by atoms with van der Waals surface area (Å²) in [5.74, 6) is -0.277. The molecule has 0 bridgehead atoms. The Kier molecular flexibility index (Phi) is 7.36. The van der Waals surface area contributed by atoms with Crippen molar-refractivity contribution in [1.29, 1.82) is 0 Å². The summed E-state index contributed by atoms with van der Waals surface area (Å²) < 4.78 is 30.4. The number of benzene rings is 2. The van der Waals surface area contributed by atoms with E-state index in [1.807, 2.05) is 26.0 Å². The number of rotatable bonds is 10. The number of anilines is 1. The Bertz CT molecular complexity index is 1400. The van der Waals surface area contributed by atoms with Crippen molar-refractivity contribution < 1.29 is 32.9 Å². The zero-order valence-corrected chi connectivity index (χ0v) is 21.4. The molecule has 2 aromatic rings. The zero-order chi connectivity index (χ0) is 26.1. The Balaban J connectivity index is 1.42. The first kappa shape index (κ1) is 26.1. The molecule has 0 saturated carbocycles. The van der Waals surface area contributed by atoms with Gasteiger partial charge < -0.3 is 10.4 Å². The van der Waals surface area contributed by atoms with Gasteiger partial charge in [0.25, 0.3) is 0 Å². The highest BCUT2D eigenvalue weighted by Crippen LogP contribution is 2.43. The number of fused-ring (bicyclic) bond motifs is 1. The minimum atomic E-state index is -3.51. The maximum atomic E-state index is 12.7. The predicted molar refractivity (Wildman–Crippen MR) is 136 cm³/mol. The third kappa shape index (κ3) is 4.96. The molecule has 1 aliphatic carbocycles. The van der Waals surface area contributed by atoms with Crippen LogP contribution >= 0.6 is 12.0 Å². The SMILES string of the molecule is CNS(=O)(=O)c1ccc(NCCC2=C(O)/C(=C\C3=Nc4ccc(SOOO)cc4C3(C)C)C2=O)cc1. The number of Topliss-reactive ketones (excluding diaryl/α,β-unsaturated/α-hetero) is 1. The normalized spacial score (nSPS) is 17.7. The molecule has 0 spiro atoms. The first-order valence-electron chi connectivity index (χ1n) is 10.9. The molecule has 10 nitrogen and oxygen atoms in total. The molecule has 0 unspecified atom stereocenters. The Labute approximate surface area is 212 Å². The van der Waals surface area contributed by atoms with Gasteiger partial charge in [-0.2, -0.15) is 0 Å². The number of carbonyl (C=O) groups is 1. The largest absolute Gasteiger partial charge is 0.507 e. The van der Waals surface area contributed by atoms with Gasteiger partial charge >= 0.3 is 0 Å². The highest BCUT2D eigenvalue weighted by molar-refractivity contribution is 7.94. The van der Waals surface area contributed by atoms with E-state index in [9.17, 15) is 18.3 Å². The molecule has 2 aromatic carbocycles. The molecule has 0 fully saturated rings. The zero-order valence-electron chi connectivity index (χ0n) is 19.7. The van der Waals surface area contributed by atoms with Gasteiger partial charge in [0.15, 0.2) is 5.78 Å². The van der Waals surface area contributed by atoms with E-state index in [0.717, 1.165) is 23.3 Å². The Hall–Kier alpha value is -3.00. The summed E-state index contributed by atoms with van der Waals surface area (Å²) in [6.45, 7) is 4.32. The van der Waals surface area contributed by atoms with E-state index < -0.39 is 15.4 Å². The van der Waals surface area contributed by atoms with Gasteiger partial charge in [0.05, 0.1) is 33.9 Å². The summed E-state index contributed by atoms with van der Waals surface area (Å²) in [7, 11) is -2.16. The fraction of sp³-hybridized carbons (Fsp3) is 0.250. The number of aliphatic hydroxyl groups is 1. The van der Waals surface area contributed by atoms with Crippen LogP contribution in [0.1, 0.15) is 25.8 Å². The van der Waals surface area contributed by atoms with Crippen molar-refractivity contribution in [2.24, 2.45) is 4.99 Å². The average Bonchev–Trinajstić information content (AvgIpc) is 3.12. The van der Waals surface area contributed by atoms with Crippen LogP contribution in [0.15, 0.2) is 80.2 Å². The molecule has 4 N–H and O–H groups in total. The molecule has 0 aromatic heterocycles.